The van der Waals surface area contributed by atoms with Crippen molar-refractivity contribution in [2.75, 3.05) is 40.1 Å². The molecule has 0 aromatic heterocycles. The number of amidine groups is 2. The standard InChI is InChI=1S/C25H46FN7O9/c1-24(36)8-39-22(17(35)20(24)31-2)42-19-14(33-23(30)25(37)9-38-10-25)5-13(28)18(16(19)34)41-21-12(27)4-3-11(40-21)7-32-15(29)6-26/h11-14,16-22,31,34-37H,3-10,27-28H2,1-2H3,(H2,29,32)(H2,30,33)/t11-,12+,13-,14+,16-,17+,18+,19-,20+,21+,22+,24-/m0/s1. The average molecular weight is 608 g/mol. The molecule has 16 nitrogen and oxygen atoms in total. The molecule has 1 saturated carbocycles. The molecule has 17 heteroatoms. The van der Waals surface area contributed by atoms with Crippen LogP contribution in [-0.2, 0) is 23.7 Å². The van der Waals surface area contributed by atoms with Crippen LogP contribution < -0.4 is 28.3 Å². The van der Waals surface area contributed by atoms with Crippen LogP contribution in [0.3, 0.4) is 0 Å². The molecule has 242 valence electrons. The van der Waals surface area contributed by atoms with Gasteiger partial charge in [0.15, 0.2) is 18.2 Å². The minimum atomic E-state index is -1.46. The molecule has 1 aliphatic carbocycles. The maximum Gasteiger partial charge on any atom is 0.185 e. The van der Waals surface area contributed by atoms with Crippen LogP contribution in [0.15, 0.2) is 9.98 Å². The van der Waals surface area contributed by atoms with Crippen molar-refractivity contribution in [1.82, 2.24) is 5.32 Å². The summed E-state index contributed by atoms with van der Waals surface area (Å²) in [7, 11) is 1.58. The number of ether oxygens (including phenoxy) is 5. The average Bonchev–Trinajstić information content (AvgIpc) is 2.92. The van der Waals surface area contributed by atoms with E-state index in [4.69, 9.17) is 46.6 Å². The Bertz CT molecular complexity index is 975. The molecule has 12 atom stereocenters. The van der Waals surface area contributed by atoms with Gasteiger partial charge in [0.25, 0.3) is 0 Å². The normalized spacial score (nSPS) is 44.9. The first-order valence-electron chi connectivity index (χ1n) is 14.1. The topological polar surface area (TPSA) is 268 Å². The maximum absolute atomic E-state index is 12.7. The van der Waals surface area contributed by atoms with E-state index in [2.05, 4.69) is 15.3 Å². The Morgan fingerprint density at radius 2 is 1.71 bits per heavy atom. The fourth-order valence-corrected chi connectivity index (χ4v) is 5.71. The number of halogens is 1. The lowest BCUT2D eigenvalue weighted by Gasteiger charge is -2.48. The number of hydrogen-bond donors (Lipinski definition) is 9. The van der Waals surface area contributed by atoms with Crippen molar-refractivity contribution in [3.63, 3.8) is 0 Å². The van der Waals surface area contributed by atoms with Crippen molar-refractivity contribution in [2.24, 2.45) is 32.9 Å². The summed E-state index contributed by atoms with van der Waals surface area (Å²) in [6.07, 6.45) is -6.55. The molecule has 3 aliphatic heterocycles. The van der Waals surface area contributed by atoms with Crippen molar-refractivity contribution in [3.05, 3.63) is 0 Å². The van der Waals surface area contributed by atoms with Crippen molar-refractivity contribution in [3.8, 4) is 0 Å². The number of nitrogens with one attached hydrogen (secondary N) is 1. The highest BCUT2D eigenvalue weighted by Gasteiger charge is 2.52. The van der Waals surface area contributed by atoms with Crippen LogP contribution in [0.1, 0.15) is 26.2 Å². The molecule has 3 saturated heterocycles. The third kappa shape index (κ3) is 7.19. The number of likely N-dealkylation sites (N-methyl/N-ethyl adjacent to an activating group) is 1. The minimum Gasteiger partial charge on any atom is -0.388 e. The lowest BCUT2D eigenvalue weighted by Crippen LogP contribution is -2.68. The van der Waals surface area contributed by atoms with Gasteiger partial charge in [-0.15, -0.1) is 0 Å². The second-order valence-corrected chi connectivity index (χ2v) is 11.8. The van der Waals surface area contributed by atoms with Gasteiger partial charge in [0.05, 0.1) is 50.6 Å². The van der Waals surface area contributed by atoms with Crippen molar-refractivity contribution in [1.29, 1.82) is 0 Å². The Morgan fingerprint density at radius 1 is 1.02 bits per heavy atom. The smallest absolute Gasteiger partial charge is 0.185 e. The van der Waals surface area contributed by atoms with Gasteiger partial charge in [-0.1, -0.05) is 0 Å². The Morgan fingerprint density at radius 3 is 2.33 bits per heavy atom. The van der Waals surface area contributed by atoms with E-state index < -0.39 is 85.1 Å². The third-order valence-corrected chi connectivity index (χ3v) is 8.31. The van der Waals surface area contributed by atoms with E-state index in [1.165, 1.54) is 6.92 Å². The molecule has 4 fully saturated rings. The van der Waals surface area contributed by atoms with Gasteiger partial charge in [-0.25, -0.2) is 4.39 Å². The highest BCUT2D eigenvalue weighted by atomic mass is 19.1. The maximum atomic E-state index is 12.7. The Kier molecular flexibility index (Phi) is 10.8. The predicted molar refractivity (Wildman–Crippen MR) is 147 cm³/mol. The summed E-state index contributed by atoms with van der Waals surface area (Å²) in [4.78, 5) is 8.42. The molecule has 0 aromatic carbocycles. The highest BCUT2D eigenvalue weighted by molar-refractivity contribution is 5.90. The summed E-state index contributed by atoms with van der Waals surface area (Å²) in [6.45, 7) is 0.508. The molecule has 0 amide bonds. The highest BCUT2D eigenvalue weighted by Crippen LogP contribution is 2.34. The first kappa shape index (κ1) is 33.3. The molecule has 3 heterocycles. The van der Waals surface area contributed by atoms with Crippen LogP contribution in [0.5, 0.6) is 0 Å². The molecular formula is C25H46FN7O9. The first-order chi connectivity index (χ1) is 19.8. The fraction of sp³-hybridized carbons (Fsp3) is 0.920. The number of aliphatic hydroxyl groups excluding tert-OH is 2. The Balaban J connectivity index is 1.54. The summed E-state index contributed by atoms with van der Waals surface area (Å²) < 4.78 is 41.7. The van der Waals surface area contributed by atoms with Gasteiger partial charge in [0, 0.05) is 6.04 Å². The SMILES string of the molecule is CN[C@@H]1[C@@H](O)[C@@H](O[C@@H]2[C@@H](O)[C@H](O[C@H]3O[C@H](CN=C(N)CF)CC[C@H]3N)[C@@H](N)C[C@H]2N=C(N)C2(O)COC2)OC[C@]1(C)O. The summed E-state index contributed by atoms with van der Waals surface area (Å²) in [5.41, 5.74) is 21.5. The largest absolute Gasteiger partial charge is 0.388 e. The van der Waals surface area contributed by atoms with Gasteiger partial charge in [0.2, 0.25) is 0 Å². The summed E-state index contributed by atoms with van der Waals surface area (Å²) >= 11 is 0. The van der Waals surface area contributed by atoms with Crippen molar-refractivity contribution in [2.45, 2.75) is 105 Å². The van der Waals surface area contributed by atoms with Crippen LogP contribution >= 0.6 is 0 Å². The molecule has 0 spiro atoms. The zero-order chi connectivity index (χ0) is 30.8. The predicted octanol–water partition coefficient (Wildman–Crippen LogP) is -4.45. The van der Waals surface area contributed by atoms with Crippen LogP contribution in [-0.4, -0.2) is 151 Å². The van der Waals surface area contributed by atoms with E-state index in [-0.39, 0.29) is 44.5 Å². The van der Waals surface area contributed by atoms with Gasteiger partial charge in [-0.2, -0.15) is 0 Å². The minimum absolute atomic E-state index is 0.0383. The van der Waals surface area contributed by atoms with E-state index in [1.54, 1.807) is 7.05 Å². The molecule has 0 aromatic rings. The number of alkyl halides is 1. The number of nitrogens with two attached hydrogens (primary N) is 4. The second kappa shape index (κ2) is 13.6. The van der Waals surface area contributed by atoms with Gasteiger partial charge < -0.3 is 72.4 Å². The lowest BCUT2D eigenvalue weighted by atomic mass is 9.83. The molecule has 0 radical (unpaired) electrons. The van der Waals surface area contributed by atoms with Crippen molar-refractivity contribution < 1.29 is 48.5 Å². The van der Waals surface area contributed by atoms with E-state index in [0.717, 1.165) is 0 Å². The van der Waals surface area contributed by atoms with Gasteiger partial charge >= 0.3 is 0 Å². The van der Waals surface area contributed by atoms with Gasteiger partial charge in [0.1, 0.15) is 48.4 Å². The summed E-state index contributed by atoms with van der Waals surface area (Å²) in [6, 6.07) is -3.04. The molecule has 0 unspecified atom stereocenters. The van der Waals surface area contributed by atoms with Crippen LogP contribution in [0.4, 0.5) is 4.39 Å². The first-order valence-corrected chi connectivity index (χ1v) is 14.1. The summed E-state index contributed by atoms with van der Waals surface area (Å²) in [5.74, 6) is -0.255. The number of aliphatic imine (C=N–C) groups is 2. The number of nitrogens with zero attached hydrogens (tertiary/aromatic N) is 2. The van der Waals surface area contributed by atoms with Crippen LogP contribution in [0, 0.1) is 0 Å². The monoisotopic (exact) mass is 607 g/mol. The second-order valence-electron chi connectivity index (χ2n) is 11.8. The lowest BCUT2D eigenvalue weighted by molar-refractivity contribution is -0.306. The third-order valence-electron chi connectivity index (χ3n) is 8.31. The zero-order valence-electron chi connectivity index (χ0n) is 23.9. The molecular weight excluding hydrogens is 561 g/mol. The van der Waals surface area contributed by atoms with E-state index >= 15 is 0 Å². The number of rotatable bonds is 10. The Labute approximate surface area is 243 Å². The van der Waals surface area contributed by atoms with E-state index in [9.17, 15) is 24.8 Å². The van der Waals surface area contributed by atoms with Gasteiger partial charge in [-0.3, -0.25) is 9.98 Å². The molecule has 4 rings (SSSR count). The molecule has 4 aliphatic rings. The van der Waals surface area contributed by atoms with Gasteiger partial charge in [-0.05, 0) is 33.2 Å². The summed E-state index contributed by atoms with van der Waals surface area (Å²) in [5, 5.41) is 46.7. The fourth-order valence-electron chi connectivity index (χ4n) is 5.71. The zero-order valence-corrected chi connectivity index (χ0v) is 23.9. The Hall–Kier alpha value is -1.61. The number of hydrogen-bond acceptors (Lipinski definition) is 14. The molecule has 0 bridgehead atoms. The molecule has 13 N–H and O–H groups in total. The number of aliphatic hydroxyl groups is 4. The molecule has 42 heavy (non-hydrogen) atoms. The van der Waals surface area contributed by atoms with E-state index in [1.807, 2.05) is 0 Å². The quantitative estimate of drug-likeness (QED) is 0.0838. The van der Waals surface area contributed by atoms with Crippen LogP contribution in [0.2, 0.25) is 0 Å². The van der Waals surface area contributed by atoms with Crippen LogP contribution in [0.25, 0.3) is 0 Å². The van der Waals surface area contributed by atoms with Crippen molar-refractivity contribution >= 4 is 11.7 Å². The van der Waals surface area contributed by atoms with E-state index in [0.29, 0.717) is 12.8 Å².